The van der Waals surface area contributed by atoms with E-state index in [0.717, 1.165) is 12.8 Å². The van der Waals surface area contributed by atoms with Crippen molar-refractivity contribution in [1.82, 2.24) is 9.62 Å². The van der Waals surface area contributed by atoms with E-state index in [1.165, 1.54) is 0 Å². The minimum Gasteiger partial charge on any atom is -0.318 e. The molecule has 1 heterocycles. The number of sulfonamides is 1. The van der Waals surface area contributed by atoms with Crippen molar-refractivity contribution in [3.63, 3.8) is 0 Å². The molecule has 1 N–H and O–H groups in total. The van der Waals surface area contributed by atoms with Crippen LogP contribution in [0, 0.1) is 0 Å². The molecular formula is C12H17BrCl2N2O2S. The largest absolute Gasteiger partial charge is 0.318 e. The van der Waals surface area contributed by atoms with Gasteiger partial charge >= 0.3 is 0 Å². The number of halogens is 3. The van der Waals surface area contributed by atoms with Crippen molar-refractivity contribution in [2.45, 2.75) is 23.8 Å². The van der Waals surface area contributed by atoms with Gasteiger partial charge < -0.3 is 5.32 Å². The van der Waals surface area contributed by atoms with Crippen molar-refractivity contribution in [3.05, 3.63) is 27.7 Å². The lowest BCUT2D eigenvalue weighted by Gasteiger charge is -2.24. The number of nitrogens with zero attached hydrogens (tertiary/aromatic N) is 1. The van der Waals surface area contributed by atoms with Gasteiger partial charge in [0.25, 0.3) is 0 Å². The predicted molar refractivity (Wildman–Crippen MR) is 87.2 cm³/mol. The minimum absolute atomic E-state index is 0. The first-order chi connectivity index (χ1) is 8.98. The van der Waals surface area contributed by atoms with Crippen LogP contribution in [0.15, 0.2) is 27.6 Å². The van der Waals surface area contributed by atoms with Crippen molar-refractivity contribution in [3.8, 4) is 0 Å². The Morgan fingerprint density at radius 2 is 2.20 bits per heavy atom. The maximum atomic E-state index is 12.7. The van der Waals surface area contributed by atoms with Gasteiger partial charge in [-0.3, -0.25) is 0 Å². The first-order valence-electron chi connectivity index (χ1n) is 6.09. The summed E-state index contributed by atoms with van der Waals surface area (Å²) < 4.78 is 27.5. The summed E-state index contributed by atoms with van der Waals surface area (Å²) in [6, 6.07) is 4.98. The van der Waals surface area contributed by atoms with Crippen LogP contribution in [0.25, 0.3) is 0 Å². The highest BCUT2D eigenvalue weighted by atomic mass is 79.9. The minimum atomic E-state index is -3.53. The molecule has 1 aromatic rings. The Morgan fingerprint density at radius 1 is 1.50 bits per heavy atom. The van der Waals surface area contributed by atoms with Gasteiger partial charge in [0.05, 0.1) is 5.02 Å². The monoisotopic (exact) mass is 402 g/mol. The second-order valence-corrected chi connectivity index (χ2v) is 7.61. The molecule has 8 heteroatoms. The third kappa shape index (κ3) is 3.48. The van der Waals surface area contributed by atoms with E-state index in [1.807, 2.05) is 7.05 Å². The molecule has 0 amide bonds. The molecule has 0 saturated carbocycles. The van der Waals surface area contributed by atoms with E-state index >= 15 is 0 Å². The van der Waals surface area contributed by atoms with Gasteiger partial charge in [-0.2, -0.15) is 4.31 Å². The average molecular weight is 404 g/mol. The van der Waals surface area contributed by atoms with Crippen LogP contribution in [0.5, 0.6) is 0 Å². The molecule has 1 unspecified atom stereocenters. The van der Waals surface area contributed by atoms with Crippen LogP contribution in [0.3, 0.4) is 0 Å². The SMILES string of the molecule is CNCC1CCCN1S(=O)(=O)c1cccc(Br)c1Cl.Cl. The van der Waals surface area contributed by atoms with E-state index in [4.69, 9.17) is 11.6 Å². The van der Waals surface area contributed by atoms with E-state index in [-0.39, 0.29) is 28.4 Å². The molecule has 114 valence electrons. The fourth-order valence-corrected chi connectivity index (χ4v) is 5.07. The fourth-order valence-electron chi connectivity index (χ4n) is 2.37. The van der Waals surface area contributed by atoms with Crippen LogP contribution < -0.4 is 5.32 Å². The molecule has 1 aliphatic rings. The van der Waals surface area contributed by atoms with E-state index in [2.05, 4.69) is 21.2 Å². The molecule has 1 saturated heterocycles. The quantitative estimate of drug-likeness (QED) is 0.840. The summed E-state index contributed by atoms with van der Waals surface area (Å²) in [7, 11) is -1.70. The van der Waals surface area contributed by atoms with E-state index in [9.17, 15) is 8.42 Å². The molecule has 0 aromatic heterocycles. The Morgan fingerprint density at radius 3 is 2.85 bits per heavy atom. The van der Waals surface area contributed by atoms with Crippen LogP contribution >= 0.6 is 39.9 Å². The van der Waals surface area contributed by atoms with Gasteiger partial charge in [-0.25, -0.2) is 8.42 Å². The van der Waals surface area contributed by atoms with E-state index in [0.29, 0.717) is 17.6 Å². The second kappa shape index (κ2) is 7.42. The number of hydrogen-bond acceptors (Lipinski definition) is 3. The Kier molecular flexibility index (Phi) is 6.76. The molecule has 4 nitrogen and oxygen atoms in total. The lowest BCUT2D eigenvalue weighted by molar-refractivity contribution is 0.379. The summed E-state index contributed by atoms with van der Waals surface area (Å²) in [6.07, 6.45) is 1.77. The first kappa shape index (κ1) is 18.2. The number of likely N-dealkylation sites (N-methyl/N-ethyl adjacent to an activating group) is 1. The zero-order valence-electron chi connectivity index (χ0n) is 11.0. The Labute approximate surface area is 139 Å². The standard InChI is InChI=1S/C12H16BrClN2O2S.ClH/c1-15-8-9-4-3-7-16(9)19(17,18)11-6-2-5-10(13)12(11)14;/h2,5-6,9,15H,3-4,7-8H2,1H3;1H. The van der Waals surface area contributed by atoms with Crippen molar-refractivity contribution >= 4 is 50.0 Å². The molecule has 0 bridgehead atoms. The summed E-state index contributed by atoms with van der Waals surface area (Å²) >= 11 is 9.38. The summed E-state index contributed by atoms with van der Waals surface area (Å²) in [6.45, 7) is 1.21. The molecule has 1 fully saturated rings. The van der Waals surface area contributed by atoms with Crippen molar-refractivity contribution in [2.24, 2.45) is 0 Å². The van der Waals surface area contributed by atoms with Gasteiger partial charge in [0.1, 0.15) is 4.90 Å². The number of nitrogens with one attached hydrogen (secondary N) is 1. The highest BCUT2D eigenvalue weighted by molar-refractivity contribution is 9.10. The third-order valence-electron chi connectivity index (χ3n) is 3.27. The molecule has 1 aliphatic heterocycles. The maximum Gasteiger partial charge on any atom is 0.244 e. The lowest BCUT2D eigenvalue weighted by atomic mass is 10.2. The zero-order valence-corrected chi connectivity index (χ0v) is 14.9. The Hall–Kier alpha value is 0.150. The zero-order chi connectivity index (χ0) is 14.0. The predicted octanol–water partition coefficient (Wildman–Crippen LogP) is 2.90. The maximum absolute atomic E-state index is 12.7. The van der Waals surface area contributed by atoms with Gasteiger partial charge in [-0.05, 0) is 48.0 Å². The van der Waals surface area contributed by atoms with Crippen LogP contribution in [0.2, 0.25) is 5.02 Å². The fraction of sp³-hybridized carbons (Fsp3) is 0.500. The molecular weight excluding hydrogens is 387 g/mol. The van der Waals surface area contributed by atoms with Crippen LogP contribution in [0.1, 0.15) is 12.8 Å². The van der Waals surface area contributed by atoms with Gasteiger partial charge in [0.2, 0.25) is 10.0 Å². The summed E-state index contributed by atoms with van der Waals surface area (Å²) in [5, 5.41) is 3.29. The summed E-state index contributed by atoms with van der Waals surface area (Å²) in [5.41, 5.74) is 0. The molecule has 0 spiro atoms. The lowest BCUT2D eigenvalue weighted by Crippen LogP contribution is -2.40. The van der Waals surface area contributed by atoms with Gasteiger partial charge in [-0.15, -0.1) is 12.4 Å². The van der Waals surface area contributed by atoms with Crippen molar-refractivity contribution in [2.75, 3.05) is 20.1 Å². The molecule has 0 radical (unpaired) electrons. The first-order valence-corrected chi connectivity index (χ1v) is 8.70. The van der Waals surface area contributed by atoms with Crippen molar-refractivity contribution < 1.29 is 8.42 Å². The van der Waals surface area contributed by atoms with Gasteiger partial charge in [0, 0.05) is 23.6 Å². The van der Waals surface area contributed by atoms with E-state index < -0.39 is 10.0 Å². The van der Waals surface area contributed by atoms with Crippen molar-refractivity contribution in [1.29, 1.82) is 0 Å². The topological polar surface area (TPSA) is 49.4 Å². The van der Waals surface area contributed by atoms with E-state index in [1.54, 1.807) is 22.5 Å². The van der Waals surface area contributed by atoms with Crippen LogP contribution in [0.4, 0.5) is 0 Å². The Bertz CT molecular complexity index is 569. The van der Waals surface area contributed by atoms with Crippen LogP contribution in [-0.4, -0.2) is 38.9 Å². The number of rotatable bonds is 4. The normalized spacial score (nSPS) is 19.9. The molecule has 20 heavy (non-hydrogen) atoms. The summed E-state index contributed by atoms with van der Waals surface area (Å²) in [5.74, 6) is 0. The highest BCUT2D eigenvalue weighted by Crippen LogP contribution is 2.33. The average Bonchev–Trinajstić information content (AvgIpc) is 2.82. The Balaban J connectivity index is 0.00000200. The molecule has 1 aromatic carbocycles. The number of hydrogen-bond donors (Lipinski definition) is 1. The smallest absolute Gasteiger partial charge is 0.244 e. The van der Waals surface area contributed by atoms with Gasteiger partial charge in [0.15, 0.2) is 0 Å². The van der Waals surface area contributed by atoms with Crippen LogP contribution in [-0.2, 0) is 10.0 Å². The highest BCUT2D eigenvalue weighted by Gasteiger charge is 2.36. The molecule has 2 rings (SSSR count). The number of benzene rings is 1. The second-order valence-electron chi connectivity index (χ2n) is 4.52. The van der Waals surface area contributed by atoms with Gasteiger partial charge in [-0.1, -0.05) is 17.7 Å². The molecule has 1 atom stereocenters. The summed E-state index contributed by atoms with van der Waals surface area (Å²) in [4.78, 5) is 0.173. The molecule has 0 aliphatic carbocycles. The third-order valence-corrected chi connectivity index (χ3v) is 6.67.